The molecular formula is C19H20F5N5. The number of hydrogen-bond donors (Lipinski definition) is 1. The lowest BCUT2D eigenvalue weighted by molar-refractivity contribution is -0.137. The highest BCUT2D eigenvalue weighted by atomic mass is 19.4. The minimum atomic E-state index is -4.41. The molecule has 0 atom stereocenters. The Kier molecular flexibility index (Phi) is 4.97. The van der Waals surface area contributed by atoms with Crippen molar-refractivity contribution in [2.45, 2.75) is 24.9 Å². The molecule has 3 heterocycles. The van der Waals surface area contributed by atoms with Gasteiger partial charge in [-0.2, -0.15) is 13.2 Å². The topological polar surface area (TPSA) is 38.4 Å². The van der Waals surface area contributed by atoms with Crippen LogP contribution in [0.25, 0.3) is 11.3 Å². The van der Waals surface area contributed by atoms with Gasteiger partial charge in [0.25, 0.3) is 5.92 Å². The van der Waals surface area contributed by atoms with Crippen molar-refractivity contribution in [2.24, 2.45) is 0 Å². The Hall–Kier alpha value is -2.62. The Morgan fingerprint density at radius 2 is 1.86 bits per heavy atom. The zero-order valence-electron chi connectivity index (χ0n) is 15.5. The van der Waals surface area contributed by atoms with Crippen LogP contribution in [0.1, 0.15) is 18.4 Å². The van der Waals surface area contributed by atoms with E-state index in [1.54, 1.807) is 12.3 Å². The molecule has 5 nitrogen and oxygen atoms in total. The van der Waals surface area contributed by atoms with Crippen LogP contribution >= 0.6 is 0 Å². The van der Waals surface area contributed by atoms with Crippen molar-refractivity contribution in [3.63, 3.8) is 0 Å². The highest BCUT2D eigenvalue weighted by molar-refractivity contribution is 5.62. The fraction of sp³-hybridized carbons (Fsp3) is 0.421. The van der Waals surface area contributed by atoms with Crippen LogP contribution in [-0.2, 0) is 6.18 Å². The molecule has 1 N–H and O–H groups in total. The van der Waals surface area contributed by atoms with Gasteiger partial charge in [-0.3, -0.25) is 9.80 Å². The van der Waals surface area contributed by atoms with Crippen LogP contribution in [0.5, 0.6) is 0 Å². The predicted molar refractivity (Wildman–Crippen MR) is 98.0 cm³/mol. The molecule has 2 aromatic rings. The van der Waals surface area contributed by atoms with Crippen LogP contribution in [-0.4, -0.2) is 52.1 Å². The molecule has 4 rings (SSSR count). The van der Waals surface area contributed by atoms with E-state index in [2.05, 4.69) is 9.97 Å². The second kappa shape index (κ2) is 7.33. The lowest BCUT2D eigenvalue weighted by Gasteiger charge is -2.34. The summed E-state index contributed by atoms with van der Waals surface area (Å²) < 4.78 is 65.3. The summed E-state index contributed by atoms with van der Waals surface area (Å²) in [5, 5.41) is 0. The zero-order valence-corrected chi connectivity index (χ0v) is 15.5. The van der Waals surface area contributed by atoms with Crippen LogP contribution in [0.3, 0.4) is 0 Å². The number of nitrogens with zero attached hydrogens (tertiary/aromatic N) is 4. The Balaban J connectivity index is 1.38. The molecule has 0 spiro atoms. The van der Waals surface area contributed by atoms with Crippen LogP contribution in [0.4, 0.5) is 27.9 Å². The largest absolute Gasteiger partial charge is 0.416 e. The molecular weight excluding hydrogens is 393 g/mol. The number of halogens is 5. The van der Waals surface area contributed by atoms with E-state index in [1.165, 1.54) is 12.3 Å². The summed E-state index contributed by atoms with van der Waals surface area (Å²) in [5.74, 6) is -2.07. The zero-order chi connectivity index (χ0) is 20.6. The van der Waals surface area contributed by atoms with Crippen molar-refractivity contribution in [1.82, 2.24) is 19.8 Å². The molecule has 1 fully saturated rings. The highest BCUT2D eigenvalue weighted by Crippen LogP contribution is 2.32. The summed E-state index contributed by atoms with van der Waals surface area (Å²) in [6.45, 7) is 1.70. The number of aromatic nitrogens is 2. The van der Waals surface area contributed by atoms with E-state index in [4.69, 9.17) is 0 Å². The van der Waals surface area contributed by atoms with Gasteiger partial charge in [-0.05, 0) is 12.1 Å². The smallest absolute Gasteiger partial charge is 0.345 e. The van der Waals surface area contributed by atoms with Gasteiger partial charge in [-0.1, -0.05) is 12.1 Å². The van der Waals surface area contributed by atoms with Crippen molar-refractivity contribution < 1.29 is 22.0 Å². The normalized spacial score (nSPS) is 19.9. The predicted octanol–water partition coefficient (Wildman–Crippen LogP) is 4.33. The van der Waals surface area contributed by atoms with Crippen molar-refractivity contribution in [3.8, 4) is 11.3 Å². The van der Waals surface area contributed by atoms with Gasteiger partial charge in [-0.25, -0.2) is 13.8 Å². The third-order valence-corrected chi connectivity index (χ3v) is 5.10. The lowest BCUT2D eigenvalue weighted by Crippen LogP contribution is -2.44. The SMILES string of the molecule is FC1(F)CCN(CN2C=CN(c3ncc(-c4cccc(C(F)(F)F)c4)[nH]3)C2)CC1. The summed E-state index contributed by atoms with van der Waals surface area (Å²) in [7, 11) is 0. The average molecular weight is 413 g/mol. The van der Waals surface area contributed by atoms with Gasteiger partial charge in [0, 0.05) is 43.9 Å². The van der Waals surface area contributed by atoms with Crippen LogP contribution in [0.15, 0.2) is 42.9 Å². The molecule has 1 aromatic carbocycles. The molecule has 156 valence electrons. The molecule has 0 saturated carbocycles. The van der Waals surface area contributed by atoms with Crippen LogP contribution in [0.2, 0.25) is 0 Å². The number of anilines is 1. The van der Waals surface area contributed by atoms with Crippen molar-refractivity contribution >= 4 is 5.95 Å². The van der Waals surface area contributed by atoms with Gasteiger partial charge in [0.1, 0.15) is 0 Å². The van der Waals surface area contributed by atoms with Crippen LogP contribution < -0.4 is 4.90 Å². The number of H-pyrrole nitrogens is 1. The third-order valence-electron chi connectivity index (χ3n) is 5.10. The van der Waals surface area contributed by atoms with Gasteiger partial charge in [-0.15, -0.1) is 0 Å². The average Bonchev–Trinajstić information content (AvgIpc) is 3.32. The van der Waals surface area contributed by atoms with Gasteiger partial charge < -0.3 is 9.88 Å². The van der Waals surface area contributed by atoms with E-state index in [0.29, 0.717) is 43.6 Å². The van der Waals surface area contributed by atoms with Crippen molar-refractivity contribution in [2.75, 3.05) is 31.3 Å². The first-order chi connectivity index (χ1) is 13.7. The Labute approximate surface area is 164 Å². The highest BCUT2D eigenvalue weighted by Gasteiger charge is 2.34. The monoisotopic (exact) mass is 413 g/mol. The number of piperidine rings is 1. The van der Waals surface area contributed by atoms with E-state index in [-0.39, 0.29) is 12.8 Å². The summed E-state index contributed by atoms with van der Waals surface area (Å²) >= 11 is 0. The molecule has 0 aliphatic carbocycles. The van der Waals surface area contributed by atoms with E-state index in [1.807, 2.05) is 20.9 Å². The van der Waals surface area contributed by atoms with E-state index in [0.717, 1.165) is 12.1 Å². The fourth-order valence-electron chi connectivity index (χ4n) is 3.44. The second-order valence-corrected chi connectivity index (χ2v) is 7.31. The molecule has 0 amide bonds. The summed E-state index contributed by atoms with van der Waals surface area (Å²) in [5.41, 5.74) is 0.162. The number of likely N-dealkylation sites (tertiary alicyclic amines) is 1. The first kappa shape index (κ1) is 19.7. The molecule has 1 aromatic heterocycles. The van der Waals surface area contributed by atoms with Crippen molar-refractivity contribution in [3.05, 3.63) is 48.4 Å². The number of hydrogen-bond acceptors (Lipinski definition) is 4. The lowest BCUT2D eigenvalue weighted by atomic mass is 10.1. The fourth-order valence-corrected chi connectivity index (χ4v) is 3.44. The molecule has 1 saturated heterocycles. The maximum absolute atomic E-state index is 13.3. The van der Waals surface area contributed by atoms with Gasteiger partial charge in [0.05, 0.1) is 30.8 Å². The first-order valence-electron chi connectivity index (χ1n) is 9.21. The Morgan fingerprint density at radius 1 is 1.10 bits per heavy atom. The number of rotatable bonds is 4. The summed E-state index contributed by atoms with van der Waals surface area (Å²) in [6, 6.07) is 5.05. The maximum atomic E-state index is 13.3. The Bertz CT molecular complexity index is 881. The summed E-state index contributed by atoms with van der Waals surface area (Å²) in [4.78, 5) is 13.1. The third kappa shape index (κ3) is 4.52. The van der Waals surface area contributed by atoms with Crippen LogP contribution in [0, 0.1) is 0 Å². The first-order valence-corrected chi connectivity index (χ1v) is 9.21. The Morgan fingerprint density at radius 3 is 2.59 bits per heavy atom. The van der Waals surface area contributed by atoms with E-state index in [9.17, 15) is 22.0 Å². The van der Waals surface area contributed by atoms with Gasteiger partial charge in [0.2, 0.25) is 5.95 Å². The minimum Gasteiger partial charge on any atom is -0.345 e. The number of imidazole rings is 1. The number of benzene rings is 1. The van der Waals surface area contributed by atoms with Gasteiger partial charge >= 0.3 is 6.18 Å². The summed E-state index contributed by atoms with van der Waals surface area (Å²) in [6.07, 6.45) is 0.468. The van der Waals surface area contributed by atoms with Gasteiger partial charge in [0.15, 0.2) is 0 Å². The standard InChI is InChI=1S/C19H20F5N5/c20-18(21)4-6-27(7-5-18)12-28-8-9-29(13-28)17-25-11-16(26-17)14-2-1-3-15(10-14)19(22,23)24/h1-3,8-11H,4-7,12-13H2,(H,25,26). The molecule has 0 unspecified atom stereocenters. The number of alkyl halides is 5. The molecule has 29 heavy (non-hydrogen) atoms. The van der Waals surface area contributed by atoms with E-state index < -0.39 is 17.7 Å². The molecule has 2 aliphatic heterocycles. The maximum Gasteiger partial charge on any atom is 0.416 e. The number of aromatic amines is 1. The van der Waals surface area contributed by atoms with E-state index >= 15 is 0 Å². The minimum absolute atomic E-state index is 0.132. The molecule has 0 radical (unpaired) electrons. The molecule has 10 heteroatoms. The molecule has 2 aliphatic rings. The second-order valence-electron chi connectivity index (χ2n) is 7.31. The quantitative estimate of drug-likeness (QED) is 0.758. The number of nitrogens with one attached hydrogen (secondary N) is 1. The molecule has 0 bridgehead atoms. The van der Waals surface area contributed by atoms with Crippen molar-refractivity contribution in [1.29, 1.82) is 0 Å².